The number of rotatable bonds is 4. The summed E-state index contributed by atoms with van der Waals surface area (Å²) in [5.74, 6) is 0.621. The molecule has 0 aliphatic heterocycles. The number of hydrogen-bond donors (Lipinski definition) is 0. The number of aromatic nitrogens is 1. The molecule has 3 heteroatoms. The van der Waals surface area contributed by atoms with E-state index in [1.165, 1.54) is 21.4 Å². The van der Waals surface area contributed by atoms with Gasteiger partial charge >= 0.3 is 0 Å². The monoisotopic (exact) mass is 441 g/mol. The maximum Gasteiger partial charge on any atom is 0.144 e. The minimum Gasteiger partial charge on any atom is -0.455 e. The van der Waals surface area contributed by atoms with Crippen molar-refractivity contribution in [2.24, 2.45) is 5.92 Å². The standard InChI is InChI=1S/C29H31NOS/c1-18(2)13-20-11-12-22-25(16-20)30-26(17-28(22)32(4,5)6)24-15-19(3)14-23-21-9-7-8-10-27(21)31-29(23)24/h7-12,14-18H,13H2,1-6H3. The summed E-state index contributed by atoms with van der Waals surface area (Å²) >= 11 is 0. The van der Waals surface area contributed by atoms with E-state index < -0.39 is 10.0 Å². The van der Waals surface area contributed by atoms with Crippen LogP contribution in [0.1, 0.15) is 25.0 Å². The van der Waals surface area contributed by atoms with Crippen LogP contribution in [0, 0.1) is 12.8 Å². The Morgan fingerprint density at radius 1 is 0.875 bits per heavy atom. The van der Waals surface area contributed by atoms with Crippen LogP contribution in [0.25, 0.3) is 44.1 Å². The lowest BCUT2D eigenvalue weighted by atomic mass is 10.00. The van der Waals surface area contributed by atoms with E-state index in [1.807, 2.05) is 12.1 Å². The number of hydrogen-bond acceptors (Lipinski definition) is 2. The Hall–Kier alpha value is -2.78. The van der Waals surface area contributed by atoms with Gasteiger partial charge in [-0.25, -0.2) is 15.0 Å². The molecule has 0 saturated carbocycles. The molecule has 0 saturated heterocycles. The third-order valence-electron chi connectivity index (χ3n) is 6.04. The van der Waals surface area contributed by atoms with E-state index in [9.17, 15) is 0 Å². The van der Waals surface area contributed by atoms with E-state index >= 15 is 0 Å². The fourth-order valence-corrected chi connectivity index (χ4v) is 5.94. The molecule has 0 aliphatic carbocycles. The lowest BCUT2D eigenvalue weighted by Gasteiger charge is -2.28. The van der Waals surface area contributed by atoms with Crippen LogP contribution < -0.4 is 0 Å². The minimum atomic E-state index is -0.954. The molecule has 32 heavy (non-hydrogen) atoms. The maximum absolute atomic E-state index is 6.37. The van der Waals surface area contributed by atoms with Gasteiger partial charge < -0.3 is 4.42 Å². The second-order valence-corrected chi connectivity index (χ2v) is 14.2. The Labute approximate surface area is 192 Å². The second-order valence-electron chi connectivity index (χ2n) is 10.1. The molecular weight excluding hydrogens is 410 g/mol. The molecule has 0 fully saturated rings. The molecule has 0 spiro atoms. The maximum atomic E-state index is 6.37. The molecule has 3 aromatic carbocycles. The third kappa shape index (κ3) is 3.69. The first-order chi connectivity index (χ1) is 15.2. The number of para-hydroxylation sites is 1. The number of fused-ring (bicyclic) bond motifs is 4. The number of nitrogens with zero attached hydrogens (tertiary/aromatic N) is 1. The van der Waals surface area contributed by atoms with Crippen LogP contribution in [0.4, 0.5) is 0 Å². The van der Waals surface area contributed by atoms with Gasteiger partial charge in [-0.3, -0.25) is 0 Å². The normalized spacial score (nSPS) is 13.0. The molecule has 0 unspecified atom stereocenters. The summed E-state index contributed by atoms with van der Waals surface area (Å²) in [6.45, 7) is 6.69. The number of benzene rings is 3. The van der Waals surface area contributed by atoms with Crippen LogP contribution >= 0.6 is 10.0 Å². The second kappa shape index (κ2) is 7.67. The Bertz CT molecular complexity index is 1470. The van der Waals surface area contributed by atoms with Gasteiger partial charge in [-0.15, -0.1) is 0 Å². The highest BCUT2D eigenvalue weighted by Gasteiger charge is 2.19. The number of aryl methyl sites for hydroxylation is 1. The summed E-state index contributed by atoms with van der Waals surface area (Å²) in [6.07, 6.45) is 8.15. The van der Waals surface area contributed by atoms with Crippen molar-refractivity contribution in [2.45, 2.75) is 32.1 Å². The van der Waals surface area contributed by atoms with Crippen molar-refractivity contribution < 1.29 is 4.42 Å². The Morgan fingerprint density at radius 3 is 2.41 bits per heavy atom. The SMILES string of the molecule is Cc1cc(-c2cc(S(C)(C)C)c3ccc(CC(C)C)cc3n2)c2oc3ccccc3c2c1. The first-order valence-electron chi connectivity index (χ1n) is 11.2. The topological polar surface area (TPSA) is 26.0 Å². The van der Waals surface area contributed by atoms with Crippen molar-refractivity contribution >= 4 is 42.9 Å². The molecule has 2 nitrogen and oxygen atoms in total. The zero-order valence-electron chi connectivity index (χ0n) is 19.8. The van der Waals surface area contributed by atoms with Crippen molar-refractivity contribution in [1.82, 2.24) is 4.98 Å². The molecule has 5 aromatic rings. The van der Waals surface area contributed by atoms with Gasteiger partial charge in [0.2, 0.25) is 0 Å². The van der Waals surface area contributed by atoms with Crippen LogP contribution in [0.15, 0.2) is 70.0 Å². The van der Waals surface area contributed by atoms with Gasteiger partial charge in [0.1, 0.15) is 11.2 Å². The molecular formula is C29H31NOS. The van der Waals surface area contributed by atoms with Crippen LogP contribution in [-0.4, -0.2) is 23.8 Å². The fourth-order valence-electron chi connectivity index (χ4n) is 4.65. The Kier molecular flexibility index (Phi) is 5.05. The van der Waals surface area contributed by atoms with E-state index in [0.717, 1.165) is 45.1 Å². The molecule has 5 rings (SSSR count). The lowest BCUT2D eigenvalue weighted by Crippen LogP contribution is -2.00. The molecule has 2 aromatic heterocycles. The van der Waals surface area contributed by atoms with Crippen LogP contribution in [0.2, 0.25) is 0 Å². The van der Waals surface area contributed by atoms with E-state index in [-0.39, 0.29) is 0 Å². The molecule has 0 bridgehead atoms. The summed E-state index contributed by atoms with van der Waals surface area (Å²) in [5.41, 5.74) is 7.60. The van der Waals surface area contributed by atoms with Gasteiger partial charge in [-0.1, -0.05) is 44.2 Å². The molecule has 164 valence electrons. The average molecular weight is 442 g/mol. The predicted octanol–water partition coefficient (Wildman–Crippen LogP) is 8.36. The van der Waals surface area contributed by atoms with Crippen molar-refractivity contribution in [3.05, 3.63) is 71.8 Å². The zero-order valence-corrected chi connectivity index (χ0v) is 20.6. The predicted molar refractivity (Wildman–Crippen MR) is 141 cm³/mol. The third-order valence-corrected chi connectivity index (χ3v) is 7.70. The highest BCUT2D eigenvalue weighted by molar-refractivity contribution is 8.32. The van der Waals surface area contributed by atoms with E-state index in [0.29, 0.717) is 5.92 Å². The highest BCUT2D eigenvalue weighted by Crippen LogP contribution is 2.50. The molecule has 0 N–H and O–H groups in total. The fraction of sp³-hybridized carbons (Fsp3) is 0.276. The lowest BCUT2D eigenvalue weighted by molar-refractivity contribution is 0.647. The summed E-state index contributed by atoms with van der Waals surface area (Å²) in [4.78, 5) is 6.60. The summed E-state index contributed by atoms with van der Waals surface area (Å²) in [6, 6.07) is 21.9. The molecule has 0 amide bonds. The van der Waals surface area contributed by atoms with Crippen molar-refractivity contribution in [3.63, 3.8) is 0 Å². The molecule has 0 aliphatic rings. The Balaban J connectivity index is 1.83. The zero-order chi connectivity index (χ0) is 22.6. The largest absolute Gasteiger partial charge is 0.455 e. The molecule has 0 atom stereocenters. The Morgan fingerprint density at radius 2 is 1.66 bits per heavy atom. The van der Waals surface area contributed by atoms with Crippen LogP contribution in [-0.2, 0) is 6.42 Å². The van der Waals surface area contributed by atoms with E-state index in [2.05, 4.69) is 88.1 Å². The smallest absolute Gasteiger partial charge is 0.144 e. The van der Waals surface area contributed by atoms with Gasteiger partial charge in [-0.05, 0) is 79.5 Å². The van der Waals surface area contributed by atoms with Crippen LogP contribution in [0.3, 0.4) is 0 Å². The van der Waals surface area contributed by atoms with Gasteiger partial charge in [0.15, 0.2) is 0 Å². The first-order valence-corrected chi connectivity index (χ1v) is 14.1. The number of furan rings is 1. The minimum absolute atomic E-state index is 0.621. The first kappa shape index (κ1) is 21.1. The van der Waals surface area contributed by atoms with Crippen molar-refractivity contribution in [2.75, 3.05) is 18.8 Å². The number of pyridine rings is 1. The van der Waals surface area contributed by atoms with Gasteiger partial charge in [0, 0.05) is 26.6 Å². The average Bonchev–Trinajstić information content (AvgIpc) is 3.09. The summed E-state index contributed by atoms with van der Waals surface area (Å²) in [5, 5.41) is 3.60. The van der Waals surface area contributed by atoms with Gasteiger partial charge in [-0.2, -0.15) is 0 Å². The molecule has 0 radical (unpaired) electrons. The summed E-state index contributed by atoms with van der Waals surface area (Å²) in [7, 11) is -0.954. The van der Waals surface area contributed by atoms with Crippen molar-refractivity contribution in [1.29, 1.82) is 0 Å². The van der Waals surface area contributed by atoms with E-state index in [1.54, 1.807) is 0 Å². The van der Waals surface area contributed by atoms with Crippen LogP contribution in [0.5, 0.6) is 0 Å². The van der Waals surface area contributed by atoms with Gasteiger partial charge in [0.25, 0.3) is 0 Å². The van der Waals surface area contributed by atoms with E-state index in [4.69, 9.17) is 9.40 Å². The molecule has 2 heterocycles. The quantitative estimate of drug-likeness (QED) is 0.280. The highest BCUT2D eigenvalue weighted by atomic mass is 32.3. The van der Waals surface area contributed by atoms with Crippen molar-refractivity contribution in [3.8, 4) is 11.3 Å². The van der Waals surface area contributed by atoms with Gasteiger partial charge in [0.05, 0.1) is 11.2 Å². The summed E-state index contributed by atoms with van der Waals surface area (Å²) < 4.78 is 6.37.